The highest BCUT2D eigenvalue weighted by Gasteiger charge is 2.27. The summed E-state index contributed by atoms with van der Waals surface area (Å²) in [6.07, 6.45) is 5.01. The molecule has 150 valence electrons. The van der Waals surface area contributed by atoms with Crippen molar-refractivity contribution >= 4 is 34.9 Å². The fourth-order valence-electron chi connectivity index (χ4n) is 3.83. The highest BCUT2D eigenvalue weighted by atomic mass is 32.2. The molecule has 2 aromatic heterocycles. The zero-order valence-electron chi connectivity index (χ0n) is 15.8. The summed E-state index contributed by atoms with van der Waals surface area (Å²) in [6.45, 7) is 3.35. The number of piperidine rings is 1. The average Bonchev–Trinajstić information content (AvgIpc) is 3.32. The van der Waals surface area contributed by atoms with Crippen molar-refractivity contribution in [2.75, 3.05) is 18.8 Å². The molecule has 0 aromatic carbocycles. The van der Waals surface area contributed by atoms with Gasteiger partial charge >= 0.3 is 0 Å². The van der Waals surface area contributed by atoms with Crippen molar-refractivity contribution < 1.29 is 14.0 Å². The number of nitrogens with zero attached hydrogens (tertiary/aromatic N) is 3. The maximum atomic E-state index is 12.4. The zero-order valence-corrected chi connectivity index (χ0v) is 17.5. The lowest BCUT2D eigenvalue weighted by Gasteiger charge is -2.31. The van der Waals surface area contributed by atoms with Gasteiger partial charge in [0.2, 0.25) is 11.8 Å². The summed E-state index contributed by atoms with van der Waals surface area (Å²) in [5.41, 5.74) is 6.78. The number of aryl methyl sites for hydroxylation is 1. The number of likely N-dealkylation sites (tertiary alicyclic amines) is 1. The van der Waals surface area contributed by atoms with E-state index in [-0.39, 0.29) is 23.5 Å². The van der Waals surface area contributed by atoms with E-state index in [0.717, 1.165) is 36.5 Å². The maximum absolute atomic E-state index is 12.4. The summed E-state index contributed by atoms with van der Waals surface area (Å²) >= 11 is 2.97. The molecule has 1 aliphatic heterocycles. The molecule has 2 aliphatic rings. The summed E-state index contributed by atoms with van der Waals surface area (Å²) in [5.74, 6) is 0.847. The number of aromatic nitrogens is 2. The van der Waals surface area contributed by atoms with Gasteiger partial charge in [-0.15, -0.1) is 21.5 Å². The van der Waals surface area contributed by atoms with E-state index in [9.17, 15) is 9.59 Å². The largest absolute Gasteiger partial charge is 0.410 e. The Morgan fingerprint density at radius 2 is 2.25 bits per heavy atom. The van der Waals surface area contributed by atoms with Crippen LogP contribution in [0.1, 0.15) is 36.6 Å². The number of amides is 2. The second-order valence-corrected chi connectivity index (χ2v) is 9.71. The van der Waals surface area contributed by atoms with Crippen molar-refractivity contribution in [1.29, 1.82) is 0 Å². The van der Waals surface area contributed by atoms with E-state index in [1.807, 2.05) is 0 Å². The van der Waals surface area contributed by atoms with Crippen molar-refractivity contribution in [3.8, 4) is 10.8 Å². The number of fused-ring (bicyclic) bond motifs is 1. The number of carbonyl (C=O) groups excluding carboxylic acids is 2. The molecule has 2 aromatic rings. The lowest BCUT2D eigenvalue weighted by molar-refractivity contribution is -0.132. The highest BCUT2D eigenvalue weighted by Crippen LogP contribution is 2.37. The first-order valence-corrected chi connectivity index (χ1v) is 11.4. The number of hydrogen-bond donors (Lipinski definition) is 1. The van der Waals surface area contributed by atoms with Gasteiger partial charge in [0, 0.05) is 18.0 Å². The van der Waals surface area contributed by atoms with Crippen molar-refractivity contribution in [1.82, 2.24) is 15.1 Å². The summed E-state index contributed by atoms with van der Waals surface area (Å²) in [7, 11) is 0. The fraction of sp³-hybridized carbons (Fsp3) is 0.579. The van der Waals surface area contributed by atoms with Gasteiger partial charge in [-0.3, -0.25) is 9.59 Å². The standard InChI is InChI=1S/C19H24N4O3S2/c1-11-4-5-14-13(7-11)8-15(28-14)18-21-22-19(26-18)27-10-16(24)23-6-2-3-12(9-23)17(20)25/h8,11-12H,2-7,9-10H2,1H3,(H2,20,25)/t11-,12-/m1/s1. The fourth-order valence-corrected chi connectivity index (χ4v) is 5.63. The lowest BCUT2D eigenvalue weighted by Crippen LogP contribution is -2.44. The van der Waals surface area contributed by atoms with Crippen LogP contribution in [0.5, 0.6) is 0 Å². The van der Waals surface area contributed by atoms with E-state index in [1.54, 1.807) is 16.2 Å². The van der Waals surface area contributed by atoms with Crippen LogP contribution in [-0.2, 0) is 22.4 Å². The van der Waals surface area contributed by atoms with Gasteiger partial charge in [0.1, 0.15) is 0 Å². The van der Waals surface area contributed by atoms with Gasteiger partial charge in [-0.2, -0.15) is 0 Å². The molecular weight excluding hydrogens is 396 g/mol. The predicted molar refractivity (Wildman–Crippen MR) is 108 cm³/mol. The van der Waals surface area contributed by atoms with Crippen molar-refractivity contribution in [3.05, 3.63) is 16.5 Å². The Bertz CT molecular complexity index is 878. The number of hydrogen-bond acceptors (Lipinski definition) is 7. The summed E-state index contributed by atoms with van der Waals surface area (Å²) in [5, 5.41) is 8.64. The van der Waals surface area contributed by atoms with Crippen LogP contribution in [0.25, 0.3) is 10.8 Å². The monoisotopic (exact) mass is 420 g/mol. The third-order valence-corrected chi connectivity index (χ3v) is 7.47. The second kappa shape index (κ2) is 8.24. The van der Waals surface area contributed by atoms with Crippen LogP contribution in [0.2, 0.25) is 0 Å². The third kappa shape index (κ3) is 4.25. The number of rotatable bonds is 5. The van der Waals surface area contributed by atoms with E-state index in [0.29, 0.717) is 24.2 Å². The van der Waals surface area contributed by atoms with Crippen molar-refractivity contribution in [3.63, 3.8) is 0 Å². The van der Waals surface area contributed by atoms with E-state index < -0.39 is 0 Å². The molecule has 0 unspecified atom stereocenters. The number of thiophene rings is 1. The van der Waals surface area contributed by atoms with Crippen LogP contribution in [0, 0.1) is 11.8 Å². The Labute approximate surface area is 172 Å². The third-order valence-electron chi connectivity index (χ3n) is 5.44. The maximum Gasteiger partial charge on any atom is 0.277 e. The Hall–Kier alpha value is -1.87. The number of thioether (sulfide) groups is 1. The molecule has 0 radical (unpaired) electrons. The van der Waals surface area contributed by atoms with Crippen LogP contribution in [0.4, 0.5) is 0 Å². The molecule has 2 atom stereocenters. The quantitative estimate of drug-likeness (QED) is 0.746. The molecule has 9 heteroatoms. The topological polar surface area (TPSA) is 102 Å². The minimum atomic E-state index is -0.334. The molecule has 1 fully saturated rings. The minimum absolute atomic E-state index is 0.0312. The number of carbonyl (C=O) groups is 2. The number of nitrogens with two attached hydrogens (primary N) is 1. The first-order chi connectivity index (χ1) is 13.5. The Kier molecular flexibility index (Phi) is 5.73. The molecule has 3 heterocycles. The van der Waals surface area contributed by atoms with E-state index >= 15 is 0 Å². The molecule has 0 saturated carbocycles. The number of primary amides is 1. The molecule has 0 bridgehead atoms. The molecule has 1 saturated heterocycles. The van der Waals surface area contributed by atoms with Gasteiger partial charge in [-0.1, -0.05) is 18.7 Å². The molecule has 0 spiro atoms. The molecular formula is C19H24N4O3S2. The van der Waals surface area contributed by atoms with Crippen LogP contribution in [-0.4, -0.2) is 45.8 Å². The van der Waals surface area contributed by atoms with Gasteiger partial charge < -0.3 is 15.1 Å². The van der Waals surface area contributed by atoms with Crippen molar-refractivity contribution in [2.24, 2.45) is 17.6 Å². The van der Waals surface area contributed by atoms with Gasteiger partial charge in [0.25, 0.3) is 11.1 Å². The molecule has 7 nitrogen and oxygen atoms in total. The minimum Gasteiger partial charge on any atom is -0.410 e. The van der Waals surface area contributed by atoms with Gasteiger partial charge in [0.05, 0.1) is 16.5 Å². The van der Waals surface area contributed by atoms with Gasteiger partial charge in [-0.05, 0) is 49.7 Å². The SMILES string of the molecule is C[C@@H]1CCc2sc(-c3nnc(SCC(=O)N4CCC[C@@H](C(N)=O)C4)o3)cc2C1. The molecule has 2 amide bonds. The Balaban J connectivity index is 1.35. The molecule has 28 heavy (non-hydrogen) atoms. The van der Waals surface area contributed by atoms with Gasteiger partial charge in [0.15, 0.2) is 0 Å². The summed E-state index contributed by atoms with van der Waals surface area (Å²) in [4.78, 5) is 28.0. The lowest BCUT2D eigenvalue weighted by atomic mass is 9.90. The van der Waals surface area contributed by atoms with E-state index in [2.05, 4.69) is 23.2 Å². The Morgan fingerprint density at radius 3 is 3.07 bits per heavy atom. The molecule has 4 rings (SSSR count). The first-order valence-electron chi connectivity index (χ1n) is 9.65. The summed E-state index contributed by atoms with van der Waals surface area (Å²) in [6, 6.07) is 2.17. The molecule has 1 aliphatic carbocycles. The van der Waals surface area contributed by atoms with Crippen LogP contribution >= 0.6 is 23.1 Å². The smallest absolute Gasteiger partial charge is 0.277 e. The molecule has 2 N–H and O–H groups in total. The van der Waals surface area contributed by atoms with Crippen LogP contribution in [0.3, 0.4) is 0 Å². The van der Waals surface area contributed by atoms with E-state index in [4.69, 9.17) is 10.2 Å². The summed E-state index contributed by atoms with van der Waals surface area (Å²) < 4.78 is 5.78. The normalized spacial score (nSPS) is 22.1. The predicted octanol–water partition coefficient (Wildman–Crippen LogP) is 2.74. The second-order valence-electron chi connectivity index (χ2n) is 7.65. The van der Waals surface area contributed by atoms with E-state index in [1.165, 1.54) is 28.6 Å². The first kappa shape index (κ1) is 19.4. The van der Waals surface area contributed by atoms with Crippen molar-refractivity contribution in [2.45, 2.75) is 44.3 Å². The van der Waals surface area contributed by atoms with Crippen LogP contribution < -0.4 is 5.73 Å². The Morgan fingerprint density at radius 1 is 1.39 bits per heavy atom. The average molecular weight is 421 g/mol. The zero-order chi connectivity index (χ0) is 19.7. The van der Waals surface area contributed by atoms with Gasteiger partial charge in [-0.25, -0.2) is 0 Å². The van der Waals surface area contributed by atoms with Crippen LogP contribution in [0.15, 0.2) is 15.7 Å². The highest BCUT2D eigenvalue weighted by molar-refractivity contribution is 7.99.